The Labute approximate surface area is 98.0 Å². The van der Waals surface area contributed by atoms with Gasteiger partial charge in [0, 0.05) is 0 Å². The van der Waals surface area contributed by atoms with Gasteiger partial charge in [0.25, 0.3) is 6.43 Å². The highest BCUT2D eigenvalue weighted by molar-refractivity contribution is 9.10. The second-order valence-electron chi connectivity index (χ2n) is 2.67. The van der Waals surface area contributed by atoms with Crippen molar-refractivity contribution in [3.63, 3.8) is 0 Å². The van der Waals surface area contributed by atoms with Crippen LogP contribution in [0.25, 0.3) is 0 Å². The summed E-state index contributed by atoms with van der Waals surface area (Å²) in [6.45, 7) is 0. The molecule has 0 fully saturated rings. The number of carbonyl (C=O) groups is 1. The molecule has 0 aliphatic heterocycles. The van der Waals surface area contributed by atoms with Crippen LogP contribution < -0.4 is 0 Å². The summed E-state index contributed by atoms with van der Waals surface area (Å²) in [6, 6.07) is 2.59. The van der Waals surface area contributed by atoms with Crippen molar-refractivity contribution in [2.75, 3.05) is 7.11 Å². The number of ether oxygens (including phenoxy) is 1. The Hall–Kier alpha value is -1.55. The lowest BCUT2D eigenvalue weighted by Crippen LogP contribution is -2.10. The van der Waals surface area contributed by atoms with E-state index in [1.54, 1.807) is 6.07 Å². The minimum absolute atomic E-state index is 0.0276. The fourth-order valence-electron chi connectivity index (χ4n) is 1.01. The fraction of sp³-hybridized carbons (Fsp3) is 0.222. The van der Waals surface area contributed by atoms with Crippen molar-refractivity contribution in [2.24, 2.45) is 0 Å². The van der Waals surface area contributed by atoms with Crippen LogP contribution in [0.1, 0.15) is 28.0 Å². The molecule has 1 aromatic heterocycles. The van der Waals surface area contributed by atoms with Crippen LogP contribution in [0.15, 0.2) is 10.7 Å². The summed E-state index contributed by atoms with van der Waals surface area (Å²) in [4.78, 5) is 14.7. The molecule has 1 heterocycles. The summed E-state index contributed by atoms with van der Waals surface area (Å²) in [5.41, 5.74) is -1.18. The smallest absolute Gasteiger partial charge is 0.357 e. The molecule has 0 N–H and O–H groups in total. The van der Waals surface area contributed by atoms with Crippen LogP contribution in [-0.2, 0) is 4.74 Å². The molecule has 1 aromatic rings. The Bertz CT molecular complexity index is 471. The molecule has 0 unspecified atom stereocenters. The molecule has 0 aliphatic rings. The molecule has 84 valence electrons. The van der Waals surface area contributed by atoms with E-state index in [9.17, 15) is 13.6 Å². The third-order valence-electron chi connectivity index (χ3n) is 1.74. The van der Waals surface area contributed by atoms with Gasteiger partial charge < -0.3 is 4.74 Å². The standard InChI is InChI=1S/C9H5BrF2N2O2/c1-16-9(15)6-5(8(11)12)2-4(3-13)7(10)14-6/h2,8H,1H3. The second kappa shape index (κ2) is 4.99. The van der Waals surface area contributed by atoms with Gasteiger partial charge in [0.1, 0.15) is 10.7 Å². The van der Waals surface area contributed by atoms with Crippen LogP contribution in [0.3, 0.4) is 0 Å². The van der Waals surface area contributed by atoms with Gasteiger partial charge in [-0.2, -0.15) is 5.26 Å². The zero-order valence-corrected chi connectivity index (χ0v) is 9.59. The SMILES string of the molecule is COC(=O)c1nc(Br)c(C#N)cc1C(F)F. The second-order valence-corrected chi connectivity index (χ2v) is 3.42. The quantitative estimate of drug-likeness (QED) is 0.620. The number of nitrogens with zero attached hydrogens (tertiary/aromatic N) is 2. The number of methoxy groups -OCH3 is 1. The number of nitriles is 1. The van der Waals surface area contributed by atoms with E-state index in [0.717, 1.165) is 13.2 Å². The van der Waals surface area contributed by atoms with Crippen molar-refractivity contribution in [3.8, 4) is 6.07 Å². The molecule has 0 atom stereocenters. The Balaban J connectivity index is 3.43. The van der Waals surface area contributed by atoms with Crippen molar-refractivity contribution in [3.05, 3.63) is 27.5 Å². The highest BCUT2D eigenvalue weighted by Gasteiger charge is 2.23. The summed E-state index contributed by atoms with van der Waals surface area (Å²) < 4.78 is 29.5. The molecule has 1 rings (SSSR count). The van der Waals surface area contributed by atoms with Gasteiger partial charge in [0.15, 0.2) is 5.69 Å². The number of rotatable bonds is 2. The van der Waals surface area contributed by atoms with Crippen LogP contribution in [0.5, 0.6) is 0 Å². The Morgan fingerprint density at radius 3 is 2.75 bits per heavy atom. The molecule has 16 heavy (non-hydrogen) atoms. The average molecular weight is 291 g/mol. The Morgan fingerprint density at radius 1 is 1.69 bits per heavy atom. The van der Waals surface area contributed by atoms with Crippen LogP contribution >= 0.6 is 15.9 Å². The molecular weight excluding hydrogens is 286 g/mol. The molecule has 0 bridgehead atoms. The topological polar surface area (TPSA) is 63.0 Å². The summed E-state index contributed by atoms with van der Waals surface area (Å²) >= 11 is 2.90. The Kier molecular flexibility index (Phi) is 3.90. The highest BCUT2D eigenvalue weighted by atomic mass is 79.9. The molecule has 7 heteroatoms. The number of carbonyl (C=O) groups excluding carboxylic acids is 1. The van der Waals surface area contributed by atoms with E-state index in [-0.39, 0.29) is 10.2 Å². The summed E-state index contributed by atoms with van der Waals surface area (Å²) in [5, 5.41) is 8.63. The minimum atomic E-state index is -2.90. The maximum atomic E-state index is 12.6. The molecule has 0 saturated carbocycles. The van der Waals surface area contributed by atoms with Crippen LogP contribution in [-0.4, -0.2) is 18.1 Å². The summed E-state index contributed by atoms with van der Waals surface area (Å²) in [7, 11) is 1.06. The first-order valence-corrected chi connectivity index (χ1v) is 4.77. The molecule has 0 saturated heterocycles. The van der Waals surface area contributed by atoms with E-state index in [1.165, 1.54) is 0 Å². The van der Waals surface area contributed by atoms with E-state index in [4.69, 9.17) is 5.26 Å². The van der Waals surface area contributed by atoms with Crippen LogP contribution in [0.2, 0.25) is 0 Å². The monoisotopic (exact) mass is 290 g/mol. The molecule has 0 spiro atoms. The van der Waals surface area contributed by atoms with Gasteiger partial charge in [-0.3, -0.25) is 0 Å². The zero-order chi connectivity index (χ0) is 12.3. The van der Waals surface area contributed by atoms with Crippen molar-refractivity contribution >= 4 is 21.9 Å². The molecule has 4 nitrogen and oxygen atoms in total. The normalized spacial score (nSPS) is 10.0. The van der Waals surface area contributed by atoms with Gasteiger partial charge in [-0.25, -0.2) is 18.6 Å². The lowest BCUT2D eigenvalue weighted by atomic mass is 10.1. The number of alkyl halides is 2. The van der Waals surface area contributed by atoms with Gasteiger partial charge in [0.05, 0.1) is 18.2 Å². The first kappa shape index (κ1) is 12.5. The highest BCUT2D eigenvalue weighted by Crippen LogP contribution is 2.26. The third-order valence-corrected chi connectivity index (χ3v) is 2.34. The van der Waals surface area contributed by atoms with Gasteiger partial charge >= 0.3 is 5.97 Å². The molecular formula is C9H5BrF2N2O2. The van der Waals surface area contributed by atoms with E-state index in [1.807, 2.05) is 0 Å². The number of pyridine rings is 1. The predicted octanol–water partition coefficient (Wildman–Crippen LogP) is 2.44. The number of hydrogen-bond acceptors (Lipinski definition) is 4. The predicted molar refractivity (Wildman–Crippen MR) is 52.9 cm³/mol. The number of esters is 1. The van der Waals surface area contributed by atoms with E-state index >= 15 is 0 Å². The van der Waals surface area contributed by atoms with Crippen LogP contribution in [0.4, 0.5) is 8.78 Å². The maximum absolute atomic E-state index is 12.6. The molecule has 0 radical (unpaired) electrons. The largest absolute Gasteiger partial charge is 0.464 e. The van der Waals surface area contributed by atoms with Crippen molar-refractivity contribution in [2.45, 2.75) is 6.43 Å². The summed E-state index contributed by atoms with van der Waals surface area (Å²) in [5.74, 6) is -0.972. The van der Waals surface area contributed by atoms with Gasteiger partial charge in [-0.15, -0.1) is 0 Å². The first-order valence-electron chi connectivity index (χ1n) is 3.98. The fourth-order valence-corrected chi connectivity index (χ4v) is 1.39. The molecule has 0 aromatic carbocycles. The lowest BCUT2D eigenvalue weighted by molar-refractivity contribution is 0.0581. The van der Waals surface area contributed by atoms with Crippen molar-refractivity contribution in [1.29, 1.82) is 5.26 Å². The van der Waals surface area contributed by atoms with Crippen molar-refractivity contribution in [1.82, 2.24) is 4.98 Å². The van der Waals surface area contributed by atoms with Gasteiger partial charge in [-0.05, 0) is 22.0 Å². The van der Waals surface area contributed by atoms with Crippen molar-refractivity contribution < 1.29 is 18.3 Å². The van der Waals surface area contributed by atoms with E-state index < -0.39 is 23.7 Å². The van der Waals surface area contributed by atoms with E-state index in [0.29, 0.717) is 0 Å². The lowest BCUT2D eigenvalue weighted by Gasteiger charge is -2.07. The minimum Gasteiger partial charge on any atom is -0.464 e. The molecule has 0 amide bonds. The number of hydrogen-bond donors (Lipinski definition) is 0. The number of halogens is 3. The summed E-state index contributed by atoms with van der Waals surface area (Å²) in [6.07, 6.45) is -2.90. The first-order chi connectivity index (χ1) is 7.51. The maximum Gasteiger partial charge on any atom is 0.357 e. The van der Waals surface area contributed by atoms with Gasteiger partial charge in [-0.1, -0.05) is 0 Å². The van der Waals surface area contributed by atoms with Crippen LogP contribution in [0, 0.1) is 11.3 Å². The number of aromatic nitrogens is 1. The Morgan fingerprint density at radius 2 is 2.31 bits per heavy atom. The zero-order valence-electron chi connectivity index (χ0n) is 8.00. The van der Waals surface area contributed by atoms with Gasteiger partial charge in [0.2, 0.25) is 0 Å². The van der Waals surface area contributed by atoms with E-state index in [2.05, 4.69) is 25.7 Å². The molecule has 0 aliphatic carbocycles. The average Bonchev–Trinajstić information content (AvgIpc) is 2.27. The third kappa shape index (κ3) is 2.33.